The summed E-state index contributed by atoms with van der Waals surface area (Å²) in [6.45, 7) is 3.48. The lowest BCUT2D eigenvalue weighted by Gasteiger charge is -2.14. The highest BCUT2D eigenvalue weighted by molar-refractivity contribution is 14.0. The van der Waals surface area contributed by atoms with Gasteiger partial charge in [-0.15, -0.1) is 35.3 Å². The van der Waals surface area contributed by atoms with Crippen molar-refractivity contribution in [3.8, 4) is 0 Å². The number of thioether (sulfide) groups is 1. The molecule has 0 atom stereocenters. The lowest BCUT2D eigenvalue weighted by Crippen LogP contribution is -2.37. The van der Waals surface area contributed by atoms with Crippen molar-refractivity contribution < 1.29 is 4.39 Å². The number of aromatic nitrogens is 1. The molecule has 0 saturated carbocycles. The van der Waals surface area contributed by atoms with E-state index in [1.807, 2.05) is 19.2 Å². The van der Waals surface area contributed by atoms with Crippen molar-refractivity contribution in [3.63, 3.8) is 0 Å². The van der Waals surface area contributed by atoms with Gasteiger partial charge in [0.2, 0.25) is 0 Å². The lowest BCUT2D eigenvalue weighted by atomic mass is 10.1. The highest BCUT2D eigenvalue weighted by Crippen LogP contribution is 2.16. The van der Waals surface area contributed by atoms with E-state index in [-0.39, 0.29) is 29.8 Å². The lowest BCUT2D eigenvalue weighted by molar-refractivity contribution is 0.625. The number of halogens is 2. The molecular weight excluding hydrogens is 482 g/mol. The van der Waals surface area contributed by atoms with Gasteiger partial charge in [-0.25, -0.2) is 9.37 Å². The highest BCUT2D eigenvalue weighted by atomic mass is 127. The van der Waals surface area contributed by atoms with Gasteiger partial charge in [-0.2, -0.15) is 11.8 Å². The molecule has 1 aromatic heterocycles. The van der Waals surface area contributed by atoms with E-state index in [4.69, 9.17) is 0 Å². The van der Waals surface area contributed by atoms with Crippen LogP contribution in [0.1, 0.15) is 28.2 Å². The zero-order chi connectivity index (χ0) is 18.1. The van der Waals surface area contributed by atoms with E-state index < -0.39 is 0 Å². The molecule has 2 aromatic rings. The molecule has 1 aromatic carbocycles. The number of rotatable bonds is 8. The van der Waals surface area contributed by atoms with Gasteiger partial charge in [0.05, 0.1) is 5.01 Å². The Morgan fingerprint density at radius 2 is 2.12 bits per heavy atom. The molecule has 4 nitrogen and oxygen atoms in total. The van der Waals surface area contributed by atoms with Crippen LogP contribution in [0.25, 0.3) is 0 Å². The third-order valence-electron chi connectivity index (χ3n) is 3.66. The summed E-state index contributed by atoms with van der Waals surface area (Å²) >= 11 is 3.40. The smallest absolute Gasteiger partial charge is 0.191 e. The van der Waals surface area contributed by atoms with Crippen LogP contribution >= 0.6 is 47.1 Å². The van der Waals surface area contributed by atoms with Crippen LogP contribution in [-0.2, 0) is 18.7 Å². The maximum absolute atomic E-state index is 13.4. The summed E-state index contributed by atoms with van der Waals surface area (Å²) in [5, 5.41) is 9.87. The molecule has 144 valence electrons. The molecule has 8 heteroatoms. The SMILES string of the molecule is CN=C(NCCCc1nc(C)cs1)NCc1ccc(F)cc1CSC.I. The number of aryl methyl sites for hydroxylation is 2. The van der Waals surface area contributed by atoms with E-state index >= 15 is 0 Å². The monoisotopic (exact) mass is 508 g/mol. The van der Waals surface area contributed by atoms with Gasteiger partial charge < -0.3 is 10.6 Å². The van der Waals surface area contributed by atoms with Crippen LogP contribution in [0, 0.1) is 12.7 Å². The fourth-order valence-corrected chi connectivity index (χ4v) is 3.82. The van der Waals surface area contributed by atoms with Gasteiger partial charge in [-0.05, 0) is 42.9 Å². The predicted octanol–water partition coefficient (Wildman–Crippen LogP) is 4.37. The first kappa shape index (κ1) is 23.2. The minimum Gasteiger partial charge on any atom is -0.356 e. The highest BCUT2D eigenvalue weighted by Gasteiger charge is 2.06. The molecule has 2 N–H and O–H groups in total. The zero-order valence-corrected chi connectivity index (χ0v) is 19.3. The maximum atomic E-state index is 13.4. The number of thiazole rings is 1. The summed E-state index contributed by atoms with van der Waals surface area (Å²) in [4.78, 5) is 8.72. The van der Waals surface area contributed by atoms with Gasteiger partial charge in [0.15, 0.2) is 5.96 Å². The molecule has 0 aliphatic carbocycles. The van der Waals surface area contributed by atoms with Crippen LogP contribution in [-0.4, -0.2) is 30.8 Å². The third-order valence-corrected chi connectivity index (χ3v) is 5.29. The first-order valence-corrected chi connectivity index (χ1v) is 10.5. The second kappa shape index (κ2) is 12.5. The topological polar surface area (TPSA) is 49.3 Å². The van der Waals surface area contributed by atoms with Gasteiger partial charge in [0, 0.05) is 43.4 Å². The molecule has 26 heavy (non-hydrogen) atoms. The second-order valence-electron chi connectivity index (χ2n) is 5.68. The van der Waals surface area contributed by atoms with Gasteiger partial charge >= 0.3 is 0 Å². The number of hydrogen-bond donors (Lipinski definition) is 2. The van der Waals surface area contributed by atoms with E-state index in [0.717, 1.165) is 47.9 Å². The molecule has 0 aliphatic rings. The summed E-state index contributed by atoms with van der Waals surface area (Å²) in [5.41, 5.74) is 3.21. The minimum absolute atomic E-state index is 0. The van der Waals surface area contributed by atoms with Crippen LogP contribution in [0.3, 0.4) is 0 Å². The van der Waals surface area contributed by atoms with E-state index in [1.165, 1.54) is 11.1 Å². The number of hydrogen-bond acceptors (Lipinski definition) is 4. The molecule has 0 unspecified atom stereocenters. The molecule has 0 spiro atoms. The Bertz CT molecular complexity index is 706. The Labute approximate surface area is 180 Å². The Kier molecular flexibility index (Phi) is 11.1. The van der Waals surface area contributed by atoms with Gasteiger partial charge in [-0.3, -0.25) is 4.99 Å². The van der Waals surface area contributed by atoms with Crippen LogP contribution in [0.5, 0.6) is 0 Å². The van der Waals surface area contributed by atoms with Gasteiger partial charge in [0.25, 0.3) is 0 Å². The van der Waals surface area contributed by atoms with Crippen LogP contribution in [0.2, 0.25) is 0 Å². The average Bonchev–Trinajstić information content (AvgIpc) is 3.01. The third kappa shape index (κ3) is 7.79. The van der Waals surface area contributed by atoms with Crippen molar-refractivity contribution in [2.75, 3.05) is 19.8 Å². The molecule has 0 saturated heterocycles. The first-order chi connectivity index (χ1) is 12.1. The molecule has 0 radical (unpaired) electrons. The molecule has 0 aliphatic heterocycles. The molecule has 1 heterocycles. The molecular formula is C18H26FIN4S2. The van der Waals surface area contributed by atoms with Crippen molar-refractivity contribution in [1.82, 2.24) is 15.6 Å². The minimum atomic E-state index is -0.187. The Balaban J connectivity index is 0.00000338. The molecule has 2 rings (SSSR count). The van der Waals surface area contributed by atoms with E-state index in [2.05, 4.69) is 26.0 Å². The van der Waals surface area contributed by atoms with E-state index in [1.54, 1.807) is 36.2 Å². The predicted molar refractivity (Wildman–Crippen MR) is 122 cm³/mol. The molecule has 0 amide bonds. The first-order valence-electron chi connectivity index (χ1n) is 8.24. The fraction of sp³-hybridized carbons (Fsp3) is 0.444. The maximum Gasteiger partial charge on any atom is 0.191 e. The van der Waals surface area contributed by atoms with E-state index in [0.29, 0.717) is 6.54 Å². The zero-order valence-electron chi connectivity index (χ0n) is 15.3. The second-order valence-corrected chi connectivity index (χ2v) is 7.49. The van der Waals surface area contributed by atoms with E-state index in [9.17, 15) is 4.39 Å². The summed E-state index contributed by atoms with van der Waals surface area (Å²) in [7, 11) is 1.76. The Morgan fingerprint density at radius 1 is 1.31 bits per heavy atom. The largest absolute Gasteiger partial charge is 0.356 e. The van der Waals surface area contributed by atoms with Crippen molar-refractivity contribution in [1.29, 1.82) is 0 Å². The number of nitrogens with zero attached hydrogens (tertiary/aromatic N) is 2. The summed E-state index contributed by atoms with van der Waals surface area (Å²) < 4.78 is 13.4. The quantitative estimate of drug-likeness (QED) is 0.241. The number of guanidine groups is 1. The fourth-order valence-electron chi connectivity index (χ4n) is 2.42. The number of nitrogens with one attached hydrogen (secondary N) is 2. The number of aliphatic imine (C=N–C) groups is 1. The van der Waals surface area contributed by atoms with Crippen molar-refractivity contribution >= 4 is 53.0 Å². The summed E-state index contributed by atoms with van der Waals surface area (Å²) in [6.07, 6.45) is 3.99. The van der Waals surface area contributed by atoms with Gasteiger partial charge in [-0.1, -0.05) is 6.07 Å². The van der Waals surface area contributed by atoms with Crippen molar-refractivity contribution in [3.05, 3.63) is 51.2 Å². The Hall–Kier alpha value is -0.870. The molecule has 0 fully saturated rings. The van der Waals surface area contributed by atoms with Crippen molar-refractivity contribution in [2.45, 2.75) is 32.1 Å². The average molecular weight is 508 g/mol. The normalized spacial score (nSPS) is 11.2. The number of benzene rings is 1. The van der Waals surface area contributed by atoms with Crippen LogP contribution in [0.15, 0.2) is 28.6 Å². The summed E-state index contributed by atoms with van der Waals surface area (Å²) in [5.74, 6) is 1.37. The van der Waals surface area contributed by atoms with Crippen molar-refractivity contribution in [2.24, 2.45) is 4.99 Å². The van der Waals surface area contributed by atoms with Gasteiger partial charge in [0.1, 0.15) is 5.82 Å². The van der Waals surface area contributed by atoms with Crippen LogP contribution < -0.4 is 10.6 Å². The molecule has 0 bridgehead atoms. The summed E-state index contributed by atoms with van der Waals surface area (Å²) in [6, 6.07) is 4.96. The van der Waals surface area contributed by atoms with Crippen LogP contribution in [0.4, 0.5) is 4.39 Å². The Morgan fingerprint density at radius 3 is 2.77 bits per heavy atom. The standard InChI is InChI=1S/C18H25FN4S2.HI/c1-13-11-25-17(23-13)5-4-8-21-18(20-2)22-10-14-6-7-16(19)9-15(14)12-24-3;/h6-7,9,11H,4-5,8,10,12H2,1-3H3,(H2,20,21,22);1H.